The molecule has 0 aliphatic rings. The fraction of sp³-hybridized carbons (Fsp3) is 0.0870. The first-order valence-electron chi connectivity index (χ1n) is 9.01. The highest BCUT2D eigenvalue weighted by molar-refractivity contribution is 5.92. The molecule has 30 heavy (non-hydrogen) atoms. The predicted molar refractivity (Wildman–Crippen MR) is 112 cm³/mol. The molecule has 0 fully saturated rings. The number of para-hydroxylation sites is 1. The molecule has 3 aromatic carbocycles. The molecule has 3 N–H and O–H groups in total. The number of phenolic OH excluding ortho intramolecular Hbond substituents is 1. The number of anilines is 2. The lowest BCUT2D eigenvalue weighted by Crippen LogP contribution is -2.07. The van der Waals surface area contributed by atoms with E-state index >= 15 is 0 Å². The Morgan fingerprint density at radius 3 is 1.97 bits per heavy atom. The van der Waals surface area contributed by atoms with Crippen LogP contribution in [0.2, 0.25) is 0 Å². The van der Waals surface area contributed by atoms with Gasteiger partial charge in [0.25, 0.3) is 0 Å². The van der Waals surface area contributed by atoms with Gasteiger partial charge < -0.3 is 15.7 Å². The molecule has 7 heteroatoms. The third-order valence-electron chi connectivity index (χ3n) is 4.39. The van der Waals surface area contributed by atoms with Gasteiger partial charge in [0.1, 0.15) is 17.6 Å². The van der Waals surface area contributed by atoms with E-state index in [1.54, 1.807) is 42.5 Å². The number of hydrogen-bond acceptors (Lipinski definition) is 4. The fourth-order valence-electron chi connectivity index (χ4n) is 3.09. The lowest BCUT2D eigenvalue weighted by atomic mass is 9.96. The molecule has 0 radical (unpaired) electrons. The topological polar surface area (TPSA) is 102 Å². The molecule has 0 aliphatic heterocycles. The largest absolute Gasteiger partial charge is 0.507 e. The summed E-state index contributed by atoms with van der Waals surface area (Å²) < 4.78 is 14.3. The van der Waals surface area contributed by atoms with Gasteiger partial charge in [-0.25, -0.2) is 4.39 Å². The van der Waals surface area contributed by atoms with Crippen molar-refractivity contribution >= 4 is 23.2 Å². The zero-order valence-electron chi connectivity index (χ0n) is 16.3. The Morgan fingerprint density at radius 1 is 0.900 bits per heavy atom. The second-order valence-electron chi connectivity index (χ2n) is 6.63. The number of carbonyl (C=O) groups is 2. The number of nitriles is 1. The minimum absolute atomic E-state index is 0.0501. The third-order valence-corrected chi connectivity index (χ3v) is 4.39. The van der Waals surface area contributed by atoms with Crippen LogP contribution in [0.15, 0.2) is 54.6 Å². The first-order valence-corrected chi connectivity index (χ1v) is 9.01. The molecular weight excluding hydrogens is 385 g/mol. The van der Waals surface area contributed by atoms with Crippen LogP contribution in [-0.2, 0) is 9.59 Å². The van der Waals surface area contributed by atoms with Crippen LogP contribution in [0.1, 0.15) is 19.4 Å². The van der Waals surface area contributed by atoms with E-state index in [-0.39, 0.29) is 28.8 Å². The maximum absolute atomic E-state index is 14.3. The molecule has 150 valence electrons. The van der Waals surface area contributed by atoms with Crippen molar-refractivity contribution in [3.05, 3.63) is 66.0 Å². The van der Waals surface area contributed by atoms with Crippen molar-refractivity contribution in [2.24, 2.45) is 0 Å². The number of hydrogen-bond donors (Lipinski definition) is 3. The molecule has 3 aromatic rings. The summed E-state index contributed by atoms with van der Waals surface area (Å²) in [5, 5.41) is 25.2. The average molecular weight is 403 g/mol. The summed E-state index contributed by atoms with van der Waals surface area (Å²) in [5.41, 5.74) is 2.51. The molecule has 0 heterocycles. The first kappa shape index (κ1) is 20.6. The molecule has 0 unspecified atom stereocenters. The van der Waals surface area contributed by atoms with Gasteiger partial charge in [-0.15, -0.1) is 0 Å². The van der Waals surface area contributed by atoms with Gasteiger partial charge >= 0.3 is 0 Å². The molecule has 0 saturated heterocycles. The Morgan fingerprint density at radius 2 is 1.43 bits per heavy atom. The number of benzene rings is 3. The van der Waals surface area contributed by atoms with Crippen LogP contribution in [0.5, 0.6) is 5.75 Å². The van der Waals surface area contributed by atoms with Gasteiger partial charge in [-0.1, -0.05) is 30.3 Å². The quantitative estimate of drug-likeness (QED) is 0.590. The number of phenols is 1. The zero-order chi connectivity index (χ0) is 21.8. The summed E-state index contributed by atoms with van der Waals surface area (Å²) in [4.78, 5) is 22.4. The van der Waals surface area contributed by atoms with E-state index in [1.165, 1.54) is 26.0 Å². The standard InChI is InChI=1S/C23H18FN3O3/c1-13(28)26-21-8-6-15(10-17(21)12-25)18-4-3-5-19(23(18)30)16-7-9-22(20(24)11-16)27-14(2)29/h3-11,30H,1-2H3,(H,26,28)(H,27,29). The number of aromatic hydroxyl groups is 1. The number of amides is 2. The van der Waals surface area contributed by atoms with Gasteiger partial charge in [-0.2, -0.15) is 5.26 Å². The second-order valence-corrected chi connectivity index (χ2v) is 6.63. The normalized spacial score (nSPS) is 10.2. The van der Waals surface area contributed by atoms with Gasteiger partial charge in [-0.3, -0.25) is 9.59 Å². The maximum Gasteiger partial charge on any atom is 0.221 e. The molecule has 3 rings (SSSR count). The average Bonchev–Trinajstić information content (AvgIpc) is 2.69. The number of nitrogens with zero attached hydrogens (tertiary/aromatic N) is 1. The number of rotatable bonds is 4. The van der Waals surface area contributed by atoms with Crippen molar-refractivity contribution in [3.63, 3.8) is 0 Å². The Bertz CT molecular complexity index is 1200. The molecule has 2 amide bonds. The smallest absolute Gasteiger partial charge is 0.221 e. The highest BCUT2D eigenvalue weighted by atomic mass is 19.1. The van der Waals surface area contributed by atoms with E-state index in [2.05, 4.69) is 10.6 Å². The molecular formula is C23H18FN3O3. The van der Waals surface area contributed by atoms with Gasteiger partial charge in [0.15, 0.2) is 0 Å². The highest BCUT2D eigenvalue weighted by Gasteiger charge is 2.14. The van der Waals surface area contributed by atoms with E-state index in [1.807, 2.05) is 6.07 Å². The van der Waals surface area contributed by atoms with Crippen LogP contribution in [0, 0.1) is 17.1 Å². The maximum atomic E-state index is 14.3. The number of halogens is 1. The molecule has 0 saturated carbocycles. The van der Waals surface area contributed by atoms with Crippen molar-refractivity contribution in [2.75, 3.05) is 10.6 Å². The van der Waals surface area contributed by atoms with Crippen LogP contribution < -0.4 is 10.6 Å². The Hall–Kier alpha value is -4.18. The van der Waals surface area contributed by atoms with Crippen molar-refractivity contribution in [2.45, 2.75) is 13.8 Å². The minimum Gasteiger partial charge on any atom is -0.507 e. The van der Waals surface area contributed by atoms with Crippen LogP contribution in [0.25, 0.3) is 22.3 Å². The Labute approximate surface area is 172 Å². The van der Waals surface area contributed by atoms with Crippen LogP contribution >= 0.6 is 0 Å². The van der Waals surface area contributed by atoms with Gasteiger partial charge in [0, 0.05) is 25.0 Å². The van der Waals surface area contributed by atoms with Crippen LogP contribution in [0.4, 0.5) is 15.8 Å². The predicted octanol–water partition coefficient (Wildman–Crippen LogP) is 4.65. The lowest BCUT2D eigenvalue weighted by molar-refractivity contribution is -0.115. The minimum atomic E-state index is -0.626. The van der Waals surface area contributed by atoms with E-state index in [9.17, 15) is 24.3 Å². The molecule has 6 nitrogen and oxygen atoms in total. The van der Waals surface area contributed by atoms with E-state index in [0.717, 1.165) is 0 Å². The number of nitrogens with one attached hydrogen (secondary N) is 2. The SMILES string of the molecule is CC(=O)Nc1ccc(-c2cccc(-c3ccc(NC(C)=O)c(C#N)c3)c2O)cc1F. The van der Waals surface area contributed by atoms with Gasteiger partial charge in [0.2, 0.25) is 11.8 Å². The van der Waals surface area contributed by atoms with E-state index in [0.29, 0.717) is 27.9 Å². The van der Waals surface area contributed by atoms with Crippen molar-refractivity contribution < 1.29 is 19.1 Å². The van der Waals surface area contributed by atoms with Crippen molar-refractivity contribution in [3.8, 4) is 34.1 Å². The summed E-state index contributed by atoms with van der Waals surface area (Å²) in [5.74, 6) is -1.39. The van der Waals surface area contributed by atoms with Gasteiger partial charge in [-0.05, 0) is 35.4 Å². The Balaban J connectivity index is 2.04. The zero-order valence-corrected chi connectivity index (χ0v) is 16.3. The molecule has 0 aliphatic carbocycles. The first-order chi connectivity index (χ1) is 14.3. The van der Waals surface area contributed by atoms with Crippen molar-refractivity contribution in [1.29, 1.82) is 5.26 Å². The summed E-state index contributed by atoms with van der Waals surface area (Å²) in [6, 6.07) is 16.1. The Kier molecular flexibility index (Phi) is 5.79. The third kappa shape index (κ3) is 4.28. The summed E-state index contributed by atoms with van der Waals surface area (Å²) in [6.07, 6.45) is 0. The highest BCUT2D eigenvalue weighted by Crippen LogP contribution is 2.39. The molecule has 0 bridgehead atoms. The van der Waals surface area contributed by atoms with Crippen LogP contribution in [0.3, 0.4) is 0 Å². The lowest BCUT2D eigenvalue weighted by Gasteiger charge is -2.13. The summed E-state index contributed by atoms with van der Waals surface area (Å²) in [6.45, 7) is 2.63. The number of carbonyl (C=O) groups excluding carboxylic acids is 2. The summed E-state index contributed by atoms with van der Waals surface area (Å²) >= 11 is 0. The molecule has 0 spiro atoms. The fourth-order valence-corrected chi connectivity index (χ4v) is 3.09. The van der Waals surface area contributed by atoms with E-state index in [4.69, 9.17) is 0 Å². The van der Waals surface area contributed by atoms with Gasteiger partial charge in [0.05, 0.1) is 16.9 Å². The summed E-state index contributed by atoms with van der Waals surface area (Å²) in [7, 11) is 0. The van der Waals surface area contributed by atoms with E-state index < -0.39 is 5.82 Å². The monoisotopic (exact) mass is 403 g/mol. The van der Waals surface area contributed by atoms with Crippen molar-refractivity contribution in [1.82, 2.24) is 0 Å². The second kappa shape index (κ2) is 8.45. The molecule has 0 atom stereocenters. The molecule has 0 aromatic heterocycles. The van der Waals surface area contributed by atoms with Crippen LogP contribution in [-0.4, -0.2) is 16.9 Å².